The molecule has 5 aromatic carbocycles. The first-order valence-corrected chi connectivity index (χ1v) is 12.3. The summed E-state index contributed by atoms with van der Waals surface area (Å²) in [5, 5.41) is 3.48. The molecule has 180 valence electrons. The Balaban J connectivity index is 1.46. The molecule has 5 nitrogen and oxygen atoms in total. The van der Waals surface area contributed by atoms with Crippen molar-refractivity contribution in [3.63, 3.8) is 0 Å². The van der Waals surface area contributed by atoms with E-state index in [0.29, 0.717) is 24.7 Å². The molecule has 5 heteroatoms. The van der Waals surface area contributed by atoms with Crippen LogP contribution in [0.2, 0.25) is 0 Å². The molecule has 5 aromatic rings. The molecule has 2 bridgehead atoms. The Bertz CT molecular complexity index is 1570. The first-order chi connectivity index (χ1) is 18.2. The normalized spacial score (nSPS) is 17.7. The molecule has 1 saturated heterocycles. The zero-order valence-corrected chi connectivity index (χ0v) is 19.8. The summed E-state index contributed by atoms with van der Waals surface area (Å²) in [5.41, 5.74) is 3.62. The maximum atomic E-state index is 13.0. The first kappa shape index (κ1) is 21.6. The van der Waals surface area contributed by atoms with Crippen LogP contribution in [-0.2, 0) is 27.5 Å². The van der Waals surface area contributed by atoms with Gasteiger partial charge in [-0.3, -0.25) is 9.59 Å². The van der Waals surface area contributed by atoms with E-state index in [1.54, 1.807) is 0 Å². The number of esters is 2. The summed E-state index contributed by atoms with van der Waals surface area (Å²) >= 11 is 0. The summed E-state index contributed by atoms with van der Waals surface area (Å²) in [6, 6.07) is 31.6. The van der Waals surface area contributed by atoms with Gasteiger partial charge in [-0.1, -0.05) is 84.9 Å². The second kappa shape index (κ2) is 8.49. The molecule has 0 aromatic heterocycles. The van der Waals surface area contributed by atoms with Crippen molar-refractivity contribution < 1.29 is 23.8 Å². The van der Waals surface area contributed by atoms with Crippen LogP contribution in [0.25, 0.3) is 21.5 Å². The van der Waals surface area contributed by atoms with Crippen LogP contribution in [-0.4, -0.2) is 11.9 Å². The minimum atomic E-state index is -0.687. The predicted octanol–water partition coefficient (Wildman–Crippen LogP) is 6.42. The highest BCUT2D eigenvalue weighted by molar-refractivity contribution is 6.21. The van der Waals surface area contributed by atoms with Crippen molar-refractivity contribution in [3.05, 3.63) is 119 Å². The van der Waals surface area contributed by atoms with Crippen LogP contribution in [0.5, 0.6) is 11.5 Å². The van der Waals surface area contributed by atoms with Crippen molar-refractivity contribution in [1.29, 1.82) is 0 Å². The third kappa shape index (κ3) is 3.39. The number of carbonyl (C=O) groups excluding carboxylic acids is 2. The standard InChI is InChI=1S/C32H22O5/c33-31-29-25-21-13-7-8-14-22(21)26(30(29)32(34)37-31)28-24(36-18-20-11-5-2-6-12-20)16-15-23(27(25)28)35-17-19-9-3-1-4-10-19/h1-16,29-30H,17-18H2/t29-,30+. The van der Waals surface area contributed by atoms with E-state index >= 15 is 0 Å². The molecule has 0 amide bonds. The molecule has 2 atom stereocenters. The monoisotopic (exact) mass is 486 g/mol. The average Bonchev–Trinajstić information content (AvgIpc) is 3.26. The van der Waals surface area contributed by atoms with Gasteiger partial charge >= 0.3 is 11.9 Å². The molecule has 0 N–H and O–H groups in total. The van der Waals surface area contributed by atoms with Gasteiger partial charge in [-0.25, -0.2) is 0 Å². The SMILES string of the molecule is O=C1OC(=O)[C@H]2c3c4ccccc4c(c4c(OCc5ccccc5)ccc(OCc5ccccc5)c34)[C@@H]12. The summed E-state index contributed by atoms with van der Waals surface area (Å²) in [5.74, 6) is -1.08. The quantitative estimate of drug-likeness (QED) is 0.158. The summed E-state index contributed by atoms with van der Waals surface area (Å²) in [6.07, 6.45) is 0. The van der Waals surface area contributed by atoms with Gasteiger partial charge in [0.05, 0.1) is 0 Å². The summed E-state index contributed by atoms with van der Waals surface area (Å²) in [4.78, 5) is 25.9. The Kier molecular flexibility index (Phi) is 4.96. The Morgan fingerprint density at radius 3 is 1.38 bits per heavy atom. The summed E-state index contributed by atoms with van der Waals surface area (Å²) < 4.78 is 17.9. The van der Waals surface area contributed by atoms with E-state index in [-0.39, 0.29) is 0 Å². The fraction of sp³-hybridized carbons (Fsp3) is 0.125. The van der Waals surface area contributed by atoms with Crippen molar-refractivity contribution in [2.24, 2.45) is 0 Å². The summed E-state index contributed by atoms with van der Waals surface area (Å²) in [7, 11) is 0. The van der Waals surface area contributed by atoms with Gasteiger partial charge in [-0.05, 0) is 45.2 Å². The van der Waals surface area contributed by atoms with E-state index in [1.165, 1.54) is 0 Å². The highest BCUT2D eigenvalue weighted by Gasteiger charge is 2.53. The van der Waals surface area contributed by atoms with E-state index in [0.717, 1.165) is 43.8 Å². The average molecular weight is 487 g/mol. The largest absolute Gasteiger partial charge is 0.488 e. The Labute approximate surface area is 213 Å². The lowest BCUT2D eigenvalue weighted by Crippen LogP contribution is -2.22. The Morgan fingerprint density at radius 2 is 0.946 bits per heavy atom. The molecule has 1 aliphatic heterocycles. The van der Waals surface area contributed by atoms with Gasteiger partial charge < -0.3 is 14.2 Å². The third-order valence-corrected chi connectivity index (χ3v) is 7.31. The zero-order valence-electron chi connectivity index (χ0n) is 19.8. The van der Waals surface area contributed by atoms with E-state index in [1.807, 2.05) is 97.1 Å². The number of ether oxygens (including phenoxy) is 3. The molecule has 1 heterocycles. The summed E-state index contributed by atoms with van der Waals surface area (Å²) in [6.45, 7) is 0.748. The molecule has 2 aliphatic carbocycles. The van der Waals surface area contributed by atoms with E-state index in [9.17, 15) is 9.59 Å². The lowest BCUT2D eigenvalue weighted by atomic mass is 9.69. The molecule has 37 heavy (non-hydrogen) atoms. The van der Waals surface area contributed by atoms with Gasteiger partial charge in [-0.2, -0.15) is 0 Å². The van der Waals surface area contributed by atoms with Gasteiger partial charge in [0.25, 0.3) is 0 Å². The van der Waals surface area contributed by atoms with Gasteiger partial charge in [0.1, 0.15) is 36.5 Å². The number of cyclic esters (lactones) is 2. The topological polar surface area (TPSA) is 61.8 Å². The van der Waals surface area contributed by atoms with Gasteiger partial charge in [0.2, 0.25) is 0 Å². The molecule has 8 rings (SSSR count). The third-order valence-electron chi connectivity index (χ3n) is 7.31. The maximum absolute atomic E-state index is 13.0. The van der Waals surface area contributed by atoms with E-state index in [2.05, 4.69) is 0 Å². The highest BCUT2D eigenvalue weighted by atomic mass is 16.6. The lowest BCUT2D eigenvalue weighted by molar-refractivity contribution is -0.152. The number of carbonyl (C=O) groups is 2. The van der Waals surface area contributed by atoms with Crippen LogP contribution in [0.4, 0.5) is 0 Å². The number of hydrogen-bond donors (Lipinski definition) is 0. The number of hydrogen-bond acceptors (Lipinski definition) is 5. The maximum Gasteiger partial charge on any atom is 0.322 e. The second-order valence-corrected chi connectivity index (χ2v) is 9.43. The molecular formula is C32H22O5. The molecule has 1 fully saturated rings. The van der Waals surface area contributed by atoms with Crippen LogP contribution in [0, 0.1) is 0 Å². The minimum absolute atomic E-state index is 0.374. The van der Waals surface area contributed by atoms with Crippen molar-refractivity contribution in [1.82, 2.24) is 0 Å². The smallest absolute Gasteiger partial charge is 0.322 e. The van der Waals surface area contributed by atoms with Gasteiger partial charge in [0, 0.05) is 10.8 Å². The van der Waals surface area contributed by atoms with Crippen molar-refractivity contribution >= 4 is 33.5 Å². The molecule has 0 spiro atoms. The van der Waals surface area contributed by atoms with Crippen LogP contribution in [0.3, 0.4) is 0 Å². The van der Waals surface area contributed by atoms with Crippen molar-refractivity contribution in [2.45, 2.75) is 25.0 Å². The van der Waals surface area contributed by atoms with E-state index in [4.69, 9.17) is 14.2 Å². The molecule has 0 saturated carbocycles. The fourth-order valence-corrected chi connectivity index (χ4v) is 5.75. The predicted molar refractivity (Wildman–Crippen MR) is 140 cm³/mol. The fourth-order valence-electron chi connectivity index (χ4n) is 5.75. The molecule has 0 unspecified atom stereocenters. The van der Waals surface area contributed by atoms with Crippen LogP contribution in [0.1, 0.15) is 34.1 Å². The highest BCUT2D eigenvalue weighted by Crippen LogP contribution is 2.58. The van der Waals surface area contributed by atoms with Crippen molar-refractivity contribution in [3.8, 4) is 11.5 Å². The van der Waals surface area contributed by atoms with Crippen molar-refractivity contribution in [2.75, 3.05) is 0 Å². The Morgan fingerprint density at radius 1 is 0.541 bits per heavy atom. The lowest BCUT2D eigenvalue weighted by Gasteiger charge is -2.31. The Hall–Kier alpha value is -4.64. The van der Waals surface area contributed by atoms with E-state index < -0.39 is 23.8 Å². The first-order valence-electron chi connectivity index (χ1n) is 12.3. The zero-order chi connectivity index (χ0) is 24.9. The molecule has 3 aliphatic rings. The minimum Gasteiger partial charge on any atom is -0.488 e. The van der Waals surface area contributed by atoms with Crippen LogP contribution >= 0.6 is 0 Å². The van der Waals surface area contributed by atoms with Gasteiger partial charge in [-0.15, -0.1) is 0 Å². The number of benzene rings is 5. The van der Waals surface area contributed by atoms with Gasteiger partial charge in [0.15, 0.2) is 0 Å². The second-order valence-electron chi connectivity index (χ2n) is 9.43. The molecule has 0 radical (unpaired) electrons. The van der Waals surface area contributed by atoms with Crippen LogP contribution < -0.4 is 9.47 Å². The number of rotatable bonds is 6. The van der Waals surface area contributed by atoms with Crippen LogP contribution in [0.15, 0.2) is 97.1 Å². The molecular weight excluding hydrogens is 464 g/mol.